The number of carbonyl (C=O) groups is 2. The van der Waals surface area contributed by atoms with Crippen molar-refractivity contribution in [3.8, 4) is 0 Å². The lowest BCUT2D eigenvalue weighted by atomic mass is 10.2. The van der Waals surface area contributed by atoms with Crippen LogP contribution in [0.1, 0.15) is 0 Å². The van der Waals surface area contributed by atoms with Gasteiger partial charge in [-0.15, -0.1) is 0 Å². The van der Waals surface area contributed by atoms with Crippen LogP contribution in [0.3, 0.4) is 0 Å². The smallest absolute Gasteiger partial charge is 0.326 e. The van der Waals surface area contributed by atoms with Crippen LogP contribution in [0.2, 0.25) is 5.02 Å². The quantitative estimate of drug-likeness (QED) is 0.564. The van der Waals surface area contributed by atoms with E-state index in [0.29, 0.717) is 42.1 Å². The summed E-state index contributed by atoms with van der Waals surface area (Å²) in [6.45, 7) is 1.72. The van der Waals surface area contributed by atoms with E-state index in [-0.39, 0.29) is 24.6 Å². The lowest BCUT2D eigenvalue weighted by Gasteiger charge is -2.36. The van der Waals surface area contributed by atoms with E-state index in [0.717, 1.165) is 5.69 Å². The lowest BCUT2D eigenvalue weighted by molar-refractivity contribution is -0.152. The van der Waals surface area contributed by atoms with E-state index < -0.39 is 5.97 Å². The molecule has 0 N–H and O–H groups in total. The van der Waals surface area contributed by atoms with Gasteiger partial charge in [-0.2, -0.15) is 0 Å². The molecule has 1 aliphatic rings. The molecule has 31 heavy (non-hydrogen) atoms. The molecule has 0 radical (unpaired) electrons. The molecule has 2 aromatic carbocycles. The van der Waals surface area contributed by atoms with Crippen LogP contribution in [0.25, 0.3) is 10.9 Å². The van der Waals surface area contributed by atoms with Crippen molar-refractivity contribution in [3.63, 3.8) is 0 Å². The number of fused-ring (bicyclic) bond motifs is 1. The first kappa shape index (κ1) is 20.9. The molecule has 8 nitrogen and oxygen atoms in total. The van der Waals surface area contributed by atoms with Crippen molar-refractivity contribution in [2.24, 2.45) is 0 Å². The molecule has 4 rings (SSSR count). The first-order valence-electron chi connectivity index (χ1n) is 9.89. The fourth-order valence-electron chi connectivity index (χ4n) is 3.52. The Morgan fingerprint density at radius 3 is 2.58 bits per heavy atom. The van der Waals surface area contributed by atoms with E-state index in [4.69, 9.17) is 16.3 Å². The number of anilines is 1. The van der Waals surface area contributed by atoms with E-state index in [1.54, 1.807) is 29.2 Å². The van der Waals surface area contributed by atoms with Crippen molar-refractivity contribution < 1.29 is 14.3 Å². The summed E-state index contributed by atoms with van der Waals surface area (Å²) < 4.78 is 6.29. The van der Waals surface area contributed by atoms with Gasteiger partial charge in [-0.1, -0.05) is 29.8 Å². The van der Waals surface area contributed by atoms with Gasteiger partial charge in [0.05, 0.1) is 17.2 Å². The van der Waals surface area contributed by atoms with Gasteiger partial charge in [0.2, 0.25) is 0 Å². The van der Waals surface area contributed by atoms with Gasteiger partial charge in [0, 0.05) is 36.9 Å². The van der Waals surface area contributed by atoms with Crippen molar-refractivity contribution in [1.82, 2.24) is 14.5 Å². The zero-order valence-electron chi connectivity index (χ0n) is 16.7. The minimum absolute atomic E-state index is 0.261. The topological polar surface area (TPSA) is 84.7 Å². The minimum Gasteiger partial charge on any atom is -0.454 e. The average molecular weight is 441 g/mol. The largest absolute Gasteiger partial charge is 0.454 e. The molecule has 1 aromatic heterocycles. The third kappa shape index (κ3) is 4.86. The SMILES string of the molecule is O=C(Cn1cnc2ccccc2c1=O)OCC(=O)N1CCN(c2cccc(Cl)c2)CC1. The lowest BCUT2D eigenvalue weighted by Crippen LogP contribution is -2.50. The van der Waals surface area contributed by atoms with Gasteiger partial charge in [-0.3, -0.25) is 19.0 Å². The van der Waals surface area contributed by atoms with Gasteiger partial charge in [-0.25, -0.2) is 4.98 Å². The van der Waals surface area contributed by atoms with Crippen LogP contribution in [0.15, 0.2) is 59.7 Å². The van der Waals surface area contributed by atoms with Crippen molar-refractivity contribution in [1.29, 1.82) is 0 Å². The molecule has 160 valence electrons. The van der Waals surface area contributed by atoms with Crippen molar-refractivity contribution in [2.45, 2.75) is 6.54 Å². The van der Waals surface area contributed by atoms with Crippen LogP contribution in [0, 0.1) is 0 Å². The third-order valence-electron chi connectivity index (χ3n) is 5.19. The number of esters is 1. The minimum atomic E-state index is -0.662. The molecule has 1 fully saturated rings. The van der Waals surface area contributed by atoms with Crippen molar-refractivity contribution in [3.05, 3.63) is 70.2 Å². The Hall–Kier alpha value is -3.39. The second kappa shape index (κ2) is 9.18. The van der Waals surface area contributed by atoms with Gasteiger partial charge in [-0.05, 0) is 30.3 Å². The molecular weight excluding hydrogens is 420 g/mol. The summed E-state index contributed by atoms with van der Waals surface area (Å²) in [5.74, 6) is -0.923. The second-order valence-corrected chi connectivity index (χ2v) is 7.64. The molecule has 0 aliphatic carbocycles. The average Bonchev–Trinajstić information content (AvgIpc) is 2.79. The first-order chi connectivity index (χ1) is 15.0. The monoisotopic (exact) mass is 440 g/mol. The Bertz CT molecular complexity index is 1170. The van der Waals surface area contributed by atoms with E-state index >= 15 is 0 Å². The second-order valence-electron chi connectivity index (χ2n) is 7.20. The summed E-state index contributed by atoms with van der Waals surface area (Å²) in [6, 6.07) is 14.5. The molecule has 1 saturated heterocycles. The molecule has 0 bridgehead atoms. The Labute approximate surface area is 183 Å². The molecule has 0 unspecified atom stereocenters. The summed E-state index contributed by atoms with van der Waals surface area (Å²) in [7, 11) is 0. The summed E-state index contributed by atoms with van der Waals surface area (Å²) in [5, 5.41) is 1.09. The highest BCUT2D eigenvalue weighted by molar-refractivity contribution is 6.30. The highest BCUT2D eigenvalue weighted by atomic mass is 35.5. The maximum Gasteiger partial charge on any atom is 0.326 e. The van der Waals surface area contributed by atoms with Gasteiger partial charge >= 0.3 is 5.97 Å². The molecule has 1 aliphatic heterocycles. The van der Waals surface area contributed by atoms with Crippen molar-refractivity contribution >= 4 is 40.1 Å². The number of halogens is 1. The van der Waals surface area contributed by atoms with E-state index in [2.05, 4.69) is 9.88 Å². The normalized spacial score (nSPS) is 14.0. The Kier molecular flexibility index (Phi) is 6.18. The Morgan fingerprint density at radius 1 is 1.03 bits per heavy atom. The Morgan fingerprint density at radius 2 is 1.81 bits per heavy atom. The number of piperazine rings is 1. The van der Waals surface area contributed by atoms with Crippen LogP contribution in [-0.2, 0) is 20.9 Å². The Balaban J connectivity index is 1.28. The summed E-state index contributed by atoms with van der Waals surface area (Å²) in [5.41, 5.74) is 1.25. The molecule has 0 saturated carbocycles. The fraction of sp³-hybridized carbons (Fsp3) is 0.273. The summed E-state index contributed by atoms with van der Waals surface area (Å²) in [6.07, 6.45) is 1.31. The van der Waals surface area contributed by atoms with Crippen molar-refractivity contribution in [2.75, 3.05) is 37.7 Å². The van der Waals surface area contributed by atoms with Crippen LogP contribution < -0.4 is 10.5 Å². The molecule has 0 atom stereocenters. The van der Waals surface area contributed by atoms with Crippen LogP contribution in [0.4, 0.5) is 5.69 Å². The van der Waals surface area contributed by atoms with E-state index in [1.165, 1.54) is 10.9 Å². The highest BCUT2D eigenvalue weighted by Crippen LogP contribution is 2.20. The number of hydrogen-bond acceptors (Lipinski definition) is 6. The summed E-state index contributed by atoms with van der Waals surface area (Å²) in [4.78, 5) is 45.0. The van der Waals surface area contributed by atoms with Gasteiger partial charge in [0.25, 0.3) is 11.5 Å². The number of benzene rings is 2. The number of ether oxygens (including phenoxy) is 1. The number of para-hydroxylation sites is 1. The number of aromatic nitrogens is 2. The molecule has 0 spiro atoms. The van der Waals surface area contributed by atoms with Gasteiger partial charge in [0.15, 0.2) is 6.61 Å². The van der Waals surface area contributed by atoms with E-state index in [1.807, 2.05) is 24.3 Å². The number of nitrogens with zero attached hydrogens (tertiary/aromatic N) is 4. The fourth-order valence-corrected chi connectivity index (χ4v) is 3.71. The predicted molar refractivity (Wildman–Crippen MR) is 117 cm³/mol. The molecule has 3 aromatic rings. The standard InChI is InChI=1S/C22H21ClN4O4/c23-16-4-3-5-17(12-16)25-8-10-26(11-9-25)20(28)14-31-21(29)13-27-15-24-19-7-2-1-6-18(19)22(27)30/h1-7,12,15H,8-11,13-14H2. The molecule has 1 amide bonds. The zero-order chi connectivity index (χ0) is 21.8. The van der Waals surface area contributed by atoms with Gasteiger partial charge in [0.1, 0.15) is 6.54 Å². The number of rotatable bonds is 5. The molecule has 9 heteroatoms. The highest BCUT2D eigenvalue weighted by Gasteiger charge is 2.22. The van der Waals surface area contributed by atoms with Gasteiger partial charge < -0.3 is 14.5 Å². The molecule has 2 heterocycles. The van der Waals surface area contributed by atoms with Crippen LogP contribution in [0.5, 0.6) is 0 Å². The maximum atomic E-state index is 12.4. The molecular formula is C22H21ClN4O4. The van der Waals surface area contributed by atoms with Crippen LogP contribution >= 0.6 is 11.6 Å². The number of carbonyl (C=O) groups excluding carboxylic acids is 2. The van der Waals surface area contributed by atoms with Crippen LogP contribution in [-0.4, -0.2) is 59.1 Å². The zero-order valence-corrected chi connectivity index (χ0v) is 17.5. The first-order valence-corrected chi connectivity index (χ1v) is 10.3. The number of hydrogen-bond donors (Lipinski definition) is 0. The number of amides is 1. The van der Waals surface area contributed by atoms with E-state index in [9.17, 15) is 14.4 Å². The summed E-state index contributed by atoms with van der Waals surface area (Å²) >= 11 is 6.05. The predicted octanol–water partition coefficient (Wildman–Crippen LogP) is 1.94. The third-order valence-corrected chi connectivity index (χ3v) is 5.43. The maximum absolute atomic E-state index is 12.4.